The predicted octanol–water partition coefficient (Wildman–Crippen LogP) is 6.23. The van der Waals surface area contributed by atoms with Crippen molar-refractivity contribution in [2.75, 3.05) is 32.7 Å². The topological polar surface area (TPSA) is 40.4 Å². The quantitative estimate of drug-likeness (QED) is 0.436. The first-order valence-electron chi connectivity index (χ1n) is 11.8. The fourth-order valence-electron chi connectivity index (χ4n) is 4.57. The highest BCUT2D eigenvalue weighted by Crippen LogP contribution is 2.35. The standard InChI is InChI=1S/C27H32Cl2N4O/c1-21(18-31-22(2)33-11-5-6-12-33)19-32-13-8-27(9-14-32)20-30-10-4-3-7-26(34-27)23-15-24(28)17-25(29)16-23/h3-4,7,10,15-18,20,26H,1-2,5-6,8-9,11-14,19H2/b7-3+,10-4-,30-20?,31-18-. The van der Waals surface area contributed by atoms with Crippen molar-refractivity contribution in [3.05, 3.63) is 82.8 Å². The molecular formula is C27H32Cl2N4O. The van der Waals surface area contributed by atoms with Gasteiger partial charge in [-0.05, 0) is 61.1 Å². The number of piperidine rings is 1. The Balaban J connectivity index is 1.38. The van der Waals surface area contributed by atoms with Crippen molar-refractivity contribution in [3.63, 3.8) is 0 Å². The molecule has 3 aliphatic rings. The predicted molar refractivity (Wildman–Crippen MR) is 143 cm³/mol. The van der Waals surface area contributed by atoms with E-state index in [1.807, 2.05) is 42.8 Å². The zero-order valence-electron chi connectivity index (χ0n) is 19.5. The SMILES string of the molecule is C=C(/C=N\C(=C)N1CCCC1)CN1CCC2(C=N/C=C\C=C\C(c3cc(Cl)cc(Cl)c3)O2)CC1. The smallest absolute Gasteiger partial charge is 0.121 e. The lowest BCUT2D eigenvalue weighted by atomic mass is 9.91. The second-order valence-electron chi connectivity index (χ2n) is 9.11. The Morgan fingerprint density at radius 1 is 1.09 bits per heavy atom. The highest BCUT2D eigenvalue weighted by atomic mass is 35.5. The monoisotopic (exact) mass is 498 g/mol. The zero-order chi connectivity index (χ0) is 24.0. The highest BCUT2D eigenvalue weighted by molar-refractivity contribution is 6.34. The van der Waals surface area contributed by atoms with Gasteiger partial charge in [0, 0.05) is 61.4 Å². The first kappa shape index (κ1) is 24.9. The van der Waals surface area contributed by atoms with Crippen LogP contribution in [0.5, 0.6) is 0 Å². The van der Waals surface area contributed by atoms with E-state index in [9.17, 15) is 0 Å². The summed E-state index contributed by atoms with van der Waals surface area (Å²) in [5.41, 5.74) is 1.45. The van der Waals surface area contributed by atoms with Gasteiger partial charge in [-0.2, -0.15) is 0 Å². The summed E-state index contributed by atoms with van der Waals surface area (Å²) in [4.78, 5) is 13.7. The number of nitrogens with zero attached hydrogens (tertiary/aromatic N) is 4. The third-order valence-electron chi connectivity index (χ3n) is 6.45. The molecule has 7 heteroatoms. The van der Waals surface area contributed by atoms with Crippen LogP contribution in [-0.2, 0) is 4.74 Å². The number of rotatable bonds is 6. The summed E-state index contributed by atoms with van der Waals surface area (Å²) in [5, 5.41) is 1.19. The summed E-state index contributed by atoms with van der Waals surface area (Å²) >= 11 is 12.5. The number of halogens is 2. The van der Waals surface area contributed by atoms with Crippen molar-refractivity contribution >= 4 is 35.6 Å². The minimum absolute atomic E-state index is 0.268. The molecule has 3 heterocycles. The van der Waals surface area contributed by atoms with E-state index in [4.69, 9.17) is 27.9 Å². The van der Waals surface area contributed by atoms with Crippen LogP contribution >= 0.6 is 23.2 Å². The number of allylic oxidation sites excluding steroid dienone is 2. The van der Waals surface area contributed by atoms with Crippen LogP contribution in [0.15, 0.2) is 77.2 Å². The summed E-state index contributed by atoms with van der Waals surface area (Å²) in [6.45, 7) is 12.9. The van der Waals surface area contributed by atoms with Gasteiger partial charge in [0.1, 0.15) is 17.5 Å². The lowest BCUT2D eigenvalue weighted by Crippen LogP contribution is -2.48. The molecule has 1 aromatic carbocycles. The first-order valence-corrected chi connectivity index (χ1v) is 12.6. The number of ether oxygens (including phenoxy) is 1. The molecule has 2 saturated heterocycles. The number of benzene rings is 1. The molecule has 3 aliphatic heterocycles. The number of hydrogen-bond acceptors (Lipinski definition) is 5. The maximum absolute atomic E-state index is 6.70. The fourth-order valence-corrected chi connectivity index (χ4v) is 5.11. The molecule has 0 aliphatic carbocycles. The Hall–Kier alpha value is -2.18. The Bertz CT molecular complexity index is 995. The van der Waals surface area contributed by atoms with Crippen molar-refractivity contribution in [1.29, 1.82) is 0 Å². The van der Waals surface area contributed by atoms with Crippen LogP contribution in [0, 0.1) is 0 Å². The van der Waals surface area contributed by atoms with Crippen molar-refractivity contribution in [1.82, 2.24) is 9.80 Å². The summed E-state index contributed by atoms with van der Waals surface area (Å²) < 4.78 is 6.70. The molecule has 180 valence electrons. The third-order valence-corrected chi connectivity index (χ3v) is 6.89. The normalized spacial score (nSPS) is 24.6. The molecule has 0 saturated carbocycles. The molecule has 4 rings (SSSR count). The maximum Gasteiger partial charge on any atom is 0.121 e. The minimum atomic E-state index is -0.464. The number of hydrogen-bond donors (Lipinski definition) is 0. The van der Waals surface area contributed by atoms with Gasteiger partial charge in [0.15, 0.2) is 0 Å². The number of likely N-dealkylation sites (tertiary alicyclic amines) is 2. The summed E-state index contributed by atoms with van der Waals surface area (Å²) in [6, 6.07) is 5.55. The molecular weight excluding hydrogens is 467 g/mol. The van der Waals surface area contributed by atoms with E-state index in [1.165, 1.54) is 12.8 Å². The van der Waals surface area contributed by atoms with E-state index in [1.54, 1.807) is 12.3 Å². The van der Waals surface area contributed by atoms with E-state index in [-0.39, 0.29) is 6.10 Å². The molecule has 0 bridgehead atoms. The van der Waals surface area contributed by atoms with E-state index in [2.05, 4.69) is 32.9 Å². The van der Waals surface area contributed by atoms with Gasteiger partial charge >= 0.3 is 0 Å². The Morgan fingerprint density at radius 2 is 1.79 bits per heavy atom. The van der Waals surface area contributed by atoms with Gasteiger partial charge in [0.25, 0.3) is 0 Å². The molecule has 0 N–H and O–H groups in total. The maximum atomic E-state index is 6.70. The van der Waals surface area contributed by atoms with E-state index < -0.39 is 5.60 Å². The van der Waals surface area contributed by atoms with Gasteiger partial charge in [-0.25, -0.2) is 4.99 Å². The largest absolute Gasteiger partial charge is 0.357 e. The fraction of sp³-hybridized carbons (Fsp3) is 0.407. The molecule has 2 fully saturated rings. The average molecular weight is 499 g/mol. The minimum Gasteiger partial charge on any atom is -0.357 e. The van der Waals surface area contributed by atoms with Gasteiger partial charge in [-0.15, -0.1) is 0 Å². The Kier molecular flexibility index (Phi) is 8.43. The van der Waals surface area contributed by atoms with Crippen molar-refractivity contribution in [2.24, 2.45) is 9.98 Å². The second kappa shape index (κ2) is 11.5. The van der Waals surface area contributed by atoms with Gasteiger partial charge < -0.3 is 9.64 Å². The summed E-state index contributed by atoms with van der Waals surface area (Å²) in [6.07, 6.45) is 15.3. The third kappa shape index (κ3) is 6.70. The van der Waals surface area contributed by atoms with Crippen LogP contribution < -0.4 is 0 Å². The Morgan fingerprint density at radius 3 is 2.50 bits per heavy atom. The second-order valence-corrected chi connectivity index (χ2v) is 9.99. The number of aliphatic imine (C=N–C) groups is 2. The van der Waals surface area contributed by atoms with Gasteiger partial charge in [-0.3, -0.25) is 9.89 Å². The molecule has 1 aromatic rings. The molecule has 1 spiro atoms. The molecule has 5 nitrogen and oxygen atoms in total. The lowest BCUT2D eigenvalue weighted by Gasteiger charge is -2.41. The van der Waals surface area contributed by atoms with Crippen molar-refractivity contribution in [3.8, 4) is 0 Å². The van der Waals surface area contributed by atoms with Crippen LogP contribution in [0.2, 0.25) is 10.0 Å². The van der Waals surface area contributed by atoms with Crippen LogP contribution in [0.4, 0.5) is 0 Å². The first-order chi connectivity index (χ1) is 16.4. The van der Waals surface area contributed by atoms with Crippen molar-refractivity contribution < 1.29 is 4.74 Å². The van der Waals surface area contributed by atoms with E-state index in [0.29, 0.717) is 10.0 Å². The molecule has 1 unspecified atom stereocenters. The molecule has 1 atom stereocenters. The van der Waals surface area contributed by atoms with Crippen LogP contribution in [0.25, 0.3) is 0 Å². The molecule has 0 aromatic heterocycles. The zero-order valence-corrected chi connectivity index (χ0v) is 21.0. The Labute approximate surface area is 212 Å². The molecule has 0 radical (unpaired) electrons. The lowest BCUT2D eigenvalue weighted by molar-refractivity contribution is -0.0601. The summed E-state index contributed by atoms with van der Waals surface area (Å²) in [7, 11) is 0. The van der Waals surface area contributed by atoms with E-state index >= 15 is 0 Å². The molecule has 34 heavy (non-hydrogen) atoms. The molecule has 0 amide bonds. The van der Waals surface area contributed by atoms with Crippen LogP contribution in [0.1, 0.15) is 37.4 Å². The highest BCUT2D eigenvalue weighted by Gasteiger charge is 2.36. The van der Waals surface area contributed by atoms with Gasteiger partial charge in [0.05, 0.1) is 0 Å². The van der Waals surface area contributed by atoms with E-state index in [0.717, 1.165) is 62.5 Å². The van der Waals surface area contributed by atoms with Gasteiger partial charge in [0.2, 0.25) is 0 Å². The average Bonchev–Trinajstić information content (AvgIpc) is 3.37. The summed E-state index contributed by atoms with van der Waals surface area (Å²) in [5.74, 6) is 0.833. The van der Waals surface area contributed by atoms with Gasteiger partial charge in [-0.1, -0.05) is 48.5 Å². The van der Waals surface area contributed by atoms with Crippen LogP contribution in [-0.4, -0.2) is 60.6 Å². The van der Waals surface area contributed by atoms with Crippen LogP contribution in [0.3, 0.4) is 0 Å². The van der Waals surface area contributed by atoms with Crippen molar-refractivity contribution in [2.45, 2.75) is 37.4 Å².